The molecular weight excluding hydrogens is 657 g/mol. The quantitative estimate of drug-likeness (QED) is 0.0534. The molecule has 14 nitrogen and oxygen atoms in total. The van der Waals surface area contributed by atoms with E-state index in [2.05, 4.69) is 17.2 Å². The van der Waals surface area contributed by atoms with E-state index in [9.17, 15) is 33.7 Å². The number of H-pyrrole nitrogens is 1. The molecule has 0 bridgehead atoms. The van der Waals surface area contributed by atoms with Crippen molar-refractivity contribution < 1.29 is 42.9 Å². The number of hydrogen-bond donors (Lipinski definition) is 4. The van der Waals surface area contributed by atoms with Gasteiger partial charge in [-0.25, -0.2) is 4.79 Å². The van der Waals surface area contributed by atoms with Crippen molar-refractivity contribution in [3.05, 3.63) is 33.1 Å². The number of nitrogens with zero attached hydrogens (tertiary/aromatic N) is 1. The number of carbonyl (C=O) groups is 2. The monoisotopic (exact) mass is 717 g/mol. The van der Waals surface area contributed by atoms with Crippen LogP contribution in [0.15, 0.2) is 21.9 Å². The molecule has 0 saturated carbocycles. The highest BCUT2D eigenvalue weighted by atomic mass is 31.1. The molecule has 1 fully saturated rings. The van der Waals surface area contributed by atoms with Gasteiger partial charge in [-0.1, -0.05) is 96.8 Å². The maximum atomic E-state index is 12.4. The summed E-state index contributed by atoms with van der Waals surface area (Å²) >= 11 is 0. The highest BCUT2D eigenvalue weighted by Gasteiger charge is 2.48. The molecule has 2 heterocycles. The summed E-state index contributed by atoms with van der Waals surface area (Å²) in [4.78, 5) is 59.9. The number of aliphatic hydroxyl groups excluding tert-OH is 1. The molecule has 6 atom stereocenters. The van der Waals surface area contributed by atoms with Crippen LogP contribution in [0.3, 0.4) is 0 Å². The molecule has 6 unspecified atom stereocenters. The number of aromatic amines is 1. The molecule has 49 heavy (non-hydrogen) atoms. The molecule has 0 aliphatic carbocycles. The molecule has 1 aromatic rings. The highest BCUT2D eigenvalue weighted by Crippen LogP contribution is 2.37. The fourth-order valence-electron chi connectivity index (χ4n) is 5.89. The second-order valence-electron chi connectivity index (χ2n) is 12.8. The summed E-state index contributed by atoms with van der Waals surface area (Å²) in [5.74, 6) is -0.685. The van der Waals surface area contributed by atoms with Gasteiger partial charge in [-0.15, -0.1) is 0 Å². The Morgan fingerprint density at radius 1 is 0.939 bits per heavy atom. The molecular formula is C34H60N3O11P. The van der Waals surface area contributed by atoms with Crippen LogP contribution in [0.4, 0.5) is 0 Å². The fourth-order valence-corrected chi connectivity index (χ4v) is 6.41. The molecule has 282 valence electrons. The van der Waals surface area contributed by atoms with Gasteiger partial charge in [-0.2, -0.15) is 0 Å². The Morgan fingerprint density at radius 2 is 1.53 bits per heavy atom. The van der Waals surface area contributed by atoms with Crippen LogP contribution in [0.2, 0.25) is 0 Å². The third-order valence-corrected chi connectivity index (χ3v) is 9.14. The molecule has 2 rings (SSSR count). The summed E-state index contributed by atoms with van der Waals surface area (Å²) in [5, 5.41) is 12.5. The minimum absolute atomic E-state index is 0.200. The Hall–Kier alpha value is -2.35. The second kappa shape index (κ2) is 25.6. The number of rotatable bonds is 28. The number of ether oxygens (including phenoxy) is 3. The zero-order valence-electron chi connectivity index (χ0n) is 29.4. The molecule has 1 aliphatic rings. The van der Waals surface area contributed by atoms with Gasteiger partial charge in [0, 0.05) is 31.8 Å². The summed E-state index contributed by atoms with van der Waals surface area (Å²) in [6.07, 6.45) is 15.2. The van der Waals surface area contributed by atoms with Gasteiger partial charge in [0.05, 0.1) is 6.61 Å². The molecule has 15 heteroatoms. The molecule has 0 aromatic carbocycles. The minimum atomic E-state index is -3.42. The summed E-state index contributed by atoms with van der Waals surface area (Å²) in [6, 6.07) is 1.13. The number of amides is 1. The van der Waals surface area contributed by atoms with Gasteiger partial charge < -0.3 is 34.1 Å². The van der Waals surface area contributed by atoms with Gasteiger partial charge >= 0.3 is 19.9 Å². The maximum absolute atomic E-state index is 12.4. The van der Waals surface area contributed by atoms with Gasteiger partial charge in [0.25, 0.3) is 11.5 Å². The third-order valence-electron chi connectivity index (χ3n) is 8.67. The van der Waals surface area contributed by atoms with E-state index in [-0.39, 0.29) is 18.5 Å². The van der Waals surface area contributed by atoms with Crippen LogP contribution < -0.4 is 16.6 Å². The number of nitrogens with one attached hydrogen (secondary N) is 2. The van der Waals surface area contributed by atoms with Crippen molar-refractivity contribution >= 4 is 20.1 Å². The summed E-state index contributed by atoms with van der Waals surface area (Å²) in [5.41, 5.74) is -1.36. The lowest BCUT2D eigenvalue weighted by atomic mass is 10.0. The fraction of sp³-hybridized carbons (Fsp3) is 0.824. The molecule has 0 radical (unpaired) electrons. The van der Waals surface area contributed by atoms with Crippen molar-refractivity contribution in [2.45, 2.75) is 160 Å². The average Bonchev–Trinajstić information content (AvgIpc) is 3.40. The maximum Gasteiger partial charge on any atom is 0.330 e. The topological polar surface area (TPSA) is 195 Å². The van der Waals surface area contributed by atoms with Crippen LogP contribution in [-0.2, 0) is 32.9 Å². The van der Waals surface area contributed by atoms with E-state index in [4.69, 9.17) is 18.7 Å². The van der Waals surface area contributed by atoms with Gasteiger partial charge in [-0.05, 0) is 26.2 Å². The van der Waals surface area contributed by atoms with E-state index in [1.807, 2.05) is 0 Å². The Bertz CT molecular complexity index is 1210. The molecule has 1 amide bonds. The van der Waals surface area contributed by atoms with Crippen LogP contribution in [-0.4, -0.2) is 75.6 Å². The Balaban J connectivity index is 1.56. The largest absolute Gasteiger partial charge is 0.453 e. The van der Waals surface area contributed by atoms with Crippen LogP contribution in [0, 0.1) is 0 Å². The molecule has 1 aliphatic heterocycles. The van der Waals surface area contributed by atoms with E-state index in [0.717, 1.165) is 42.7 Å². The lowest BCUT2D eigenvalue weighted by molar-refractivity contribution is -0.154. The van der Waals surface area contributed by atoms with Crippen molar-refractivity contribution in [3.63, 3.8) is 0 Å². The number of aromatic nitrogens is 2. The number of unbranched alkanes of at least 4 members (excludes halogenated alkanes) is 15. The SMILES string of the molecule is CCCCCCCCCCCCCCCC(=O)OC(C)C(=O)NCCCCCCOC1C(O[PH](=O)O)C(CO)OC1n1ccc(=O)[nH]c1=O. The number of aliphatic hydroxyl groups is 1. The standard InChI is InChI=1S/C34H60N3O11P/c1-3-4-5-6-7-8-9-10-11-12-13-14-17-20-29(40)46-26(2)32(41)35-22-18-15-16-19-24-45-31-30(48-49(43)44)27(25-38)47-33(31)37-23-21-28(39)36-34(37)42/h21,23,26-27,30-31,33,38,49H,3-20,22,24-25H2,1-2H3,(H,35,41)(H,43,44)(H,36,39,42). The van der Waals surface area contributed by atoms with E-state index >= 15 is 0 Å². The predicted molar refractivity (Wildman–Crippen MR) is 185 cm³/mol. The van der Waals surface area contributed by atoms with Crippen molar-refractivity contribution in [2.24, 2.45) is 0 Å². The Labute approximate surface area is 290 Å². The van der Waals surface area contributed by atoms with Crippen LogP contribution >= 0.6 is 8.25 Å². The van der Waals surface area contributed by atoms with E-state index in [0.29, 0.717) is 25.8 Å². The Kier molecular flexibility index (Phi) is 22.3. The first kappa shape index (κ1) is 42.8. The highest BCUT2D eigenvalue weighted by molar-refractivity contribution is 7.32. The second-order valence-corrected chi connectivity index (χ2v) is 13.5. The number of hydrogen-bond acceptors (Lipinski definition) is 10. The number of esters is 1. The lowest BCUT2D eigenvalue weighted by Crippen LogP contribution is -2.40. The van der Waals surface area contributed by atoms with E-state index in [1.54, 1.807) is 6.92 Å². The smallest absolute Gasteiger partial charge is 0.330 e. The molecule has 0 spiro atoms. The predicted octanol–water partition coefficient (Wildman–Crippen LogP) is 4.67. The van der Waals surface area contributed by atoms with Gasteiger partial charge in [0.2, 0.25) is 0 Å². The first-order chi connectivity index (χ1) is 23.7. The first-order valence-corrected chi connectivity index (χ1v) is 19.5. The van der Waals surface area contributed by atoms with Crippen molar-refractivity contribution in [1.29, 1.82) is 0 Å². The van der Waals surface area contributed by atoms with Crippen LogP contribution in [0.1, 0.15) is 136 Å². The van der Waals surface area contributed by atoms with Crippen molar-refractivity contribution in [2.75, 3.05) is 19.8 Å². The van der Waals surface area contributed by atoms with Crippen LogP contribution in [0.25, 0.3) is 0 Å². The molecule has 1 saturated heterocycles. The van der Waals surface area contributed by atoms with Crippen molar-refractivity contribution in [1.82, 2.24) is 14.9 Å². The third kappa shape index (κ3) is 17.4. The normalized spacial score (nSPS) is 20.2. The first-order valence-electron chi connectivity index (χ1n) is 18.2. The van der Waals surface area contributed by atoms with Gasteiger partial charge in [-0.3, -0.25) is 28.5 Å². The lowest BCUT2D eigenvalue weighted by Gasteiger charge is -2.24. The van der Waals surface area contributed by atoms with E-state index in [1.165, 1.54) is 70.4 Å². The van der Waals surface area contributed by atoms with Crippen LogP contribution in [0.5, 0.6) is 0 Å². The number of carbonyl (C=O) groups excluding carboxylic acids is 2. The van der Waals surface area contributed by atoms with E-state index < -0.39 is 56.8 Å². The summed E-state index contributed by atoms with van der Waals surface area (Å²) in [6.45, 7) is 3.89. The van der Waals surface area contributed by atoms with Crippen molar-refractivity contribution in [3.8, 4) is 0 Å². The van der Waals surface area contributed by atoms with Gasteiger partial charge in [0.15, 0.2) is 12.3 Å². The molecule has 4 N–H and O–H groups in total. The zero-order chi connectivity index (χ0) is 35.9. The summed E-state index contributed by atoms with van der Waals surface area (Å²) < 4.78 is 34.6. The zero-order valence-corrected chi connectivity index (χ0v) is 30.4. The summed E-state index contributed by atoms with van der Waals surface area (Å²) in [7, 11) is -3.42. The minimum Gasteiger partial charge on any atom is -0.453 e. The Morgan fingerprint density at radius 3 is 2.12 bits per heavy atom. The molecule has 1 aromatic heterocycles. The van der Waals surface area contributed by atoms with Gasteiger partial charge in [0.1, 0.15) is 18.3 Å². The average molecular weight is 718 g/mol.